The number of aryl methyl sites for hydroxylation is 1. The van der Waals surface area contributed by atoms with E-state index in [9.17, 15) is 9.18 Å². The number of para-hydroxylation sites is 2. The van der Waals surface area contributed by atoms with Gasteiger partial charge in [0.05, 0.1) is 23.1 Å². The van der Waals surface area contributed by atoms with Gasteiger partial charge < -0.3 is 9.88 Å². The van der Waals surface area contributed by atoms with E-state index in [4.69, 9.17) is 0 Å². The minimum atomic E-state index is -0.513. The van der Waals surface area contributed by atoms with E-state index in [0.717, 1.165) is 29.8 Å². The summed E-state index contributed by atoms with van der Waals surface area (Å²) >= 11 is 0. The average molecular weight is 381 g/mol. The molecule has 0 fully saturated rings. The highest BCUT2D eigenvalue weighted by molar-refractivity contribution is 5.94. The van der Waals surface area contributed by atoms with Gasteiger partial charge in [0.1, 0.15) is 11.6 Å². The molecule has 0 saturated carbocycles. The number of benzene rings is 2. The van der Waals surface area contributed by atoms with Crippen LogP contribution in [0, 0.1) is 5.82 Å². The lowest BCUT2D eigenvalue weighted by Gasteiger charge is -2.11. The first-order chi connectivity index (χ1) is 13.7. The number of rotatable bonds is 10. The number of nitrogens with zero attached hydrogens (tertiary/aromatic N) is 2. The van der Waals surface area contributed by atoms with Crippen LogP contribution < -0.4 is 5.32 Å². The van der Waals surface area contributed by atoms with Crippen molar-refractivity contribution in [3.63, 3.8) is 0 Å². The Labute approximate surface area is 165 Å². The van der Waals surface area contributed by atoms with Crippen molar-refractivity contribution < 1.29 is 9.18 Å². The molecule has 1 amide bonds. The molecule has 0 atom stereocenters. The molecule has 3 aromatic rings. The maximum Gasteiger partial charge on any atom is 0.254 e. The van der Waals surface area contributed by atoms with Crippen LogP contribution in [0.15, 0.2) is 48.5 Å². The van der Waals surface area contributed by atoms with E-state index in [2.05, 4.69) is 27.9 Å². The largest absolute Gasteiger partial charge is 0.345 e. The summed E-state index contributed by atoms with van der Waals surface area (Å²) in [5.41, 5.74) is 2.05. The van der Waals surface area contributed by atoms with Crippen LogP contribution in [0.3, 0.4) is 0 Å². The molecule has 1 N–H and O–H groups in total. The fraction of sp³-hybridized carbons (Fsp3) is 0.391. The van der Waals surface area contributed by atoms with Crippen molar-refractivity contribution in [2.45, 2.75) is 58.5 Å². The van der Waals surface area contributed by atoms with Crippen LogP contribution in [0.25, 0.3) is 11.0 Å². The minimum Gasteiger partial charge on any atom is -0.345 e. The van der Waals surface area contributed by atoms with Crippen LogP contribution in [-0.4, -0.2) is 15.5 Å². The summed E-state index contributed by atoms with van der Waals surface area (Å²) < 4.78 is 16.0. The van der Waals surface area contributed by atoms with Gasteiger partial charge in [-0.1, -0.05) is 63.3 Å². The Kier molecular flexibility index (Phi) is 7.18. The smallest absolute Gasteiger partial charge is 0.254 e. The molecule has 28 heavy (non-hydrogen) atoms. The highest BCUT2D eigenvalue weighted by Gasteiger charge is 2.14. The van der Waals surface area contributed by atoms with Crippen molar-refractivity contribution in [1.82, 2.24) is 14.9 Å². The number of fused-ring (bicyclic) bond motifs is 1. The number of unbranched alkanes of at least 4 members (excludes halogenated alkanes) is 5. The first kappa shape index (κ1) is 20.1. The zero-order chi connectivity index (χ0) is 19.8. The summed E-state index contributed by atoms with van der Waals surface area (Å²) in [6, 6.07) is 14.0. The van der Waals surface area contributed by atoms with Gasteiger partial charge >= 0.3 is 0 Å². The lowest BCUT2D eigenvalue weighted by atomic mass is 10.1. The summed E-state index contributed by atoms with van der Waals surface area (Å²) in [7, 11) is 0. The fourth-order valence-corrected chi connectivity index (χ4v) is 3.46. The summed E-state index contributed by atoms with van der Waals surface area (Å²) in [6.07, 6.45) is 7.35. The van der Waals surface area contributed by atoms with Crippen molar-refractivity contribution in [3.8, 4) is 0 Å². The Morgan fingerprint density at radius 2 is 1.71 bits per heavy atom. The second kappa shape index (κ2) is 10.0. The Bertz CT molecular complexity index is 919. The van der Waals surface area contributed by atoms with Gasteiger partial charge in [-0.2, -0.15) is 0 Å². The van der Waals surface area contributed by atoms with Crippen LogP contribution >= 0.6 is 0 Å². The number of amides is 1. The van der Waals surface area contributed by atoms with Gasteiger partial charge in [0.2, 0.25) is 0 Å². The van der Waals surface area contributed by atoms with Crippen molar-refractivity contribution in [2.75, 3.05) is 0 Å². The molecule has 0 bridgehead atoms. The van der Waals surface area contributed by atoms with Gasteiger partial charge in [-0.15, -0.1) is 0 Å². The molecular weight excluding hydrogens is 353 g/mol. The Balaban J connectivity index is 1.68. The SMILES string of the molecule is CCCCCCCCn1c(CNC(=O)c2ccccc2F)nc2ccccc21. The number of carbonyl (C=O) groups is 1. The van der Waals surface area contributed by atoms with Gasteiger partial charge in [0, 0.05) is 6.54 Å². The van der Waals surface area contributed by atoms with Crippen LogP contribution in [-0.2, 0) is 13.1 Å². The maximum atomic E-state index is 13.8. The topological polar surface area (TPSA) is 46.9 Å². The number of nitrogens with one attached hydrogen (secondary N) is 1. The van der Waals surface area contributed by atoms with Gasteiger partial charge in [0.25, 0.3) is 5.91 Å². The predicted octanol–water partition coefficient (Wildman–Crippen LogP) is 5.47. The molecule has 0 spiro atoms. The quantitative estimate of drug-likeness (QED) is 0.474. The maximum absolute atomic E-state index is 13.8. The lowest BCUT2D eigenvalue weighted by Crippen LogP contribution is -2.25. The number of carbonyl (C=O) groups excluding carboxylic acids is 1. The van der Waals surface area contributed by atoms with E-state index in [0.29, 0.717) is 0 Å². The standard InChI is InChI=1S/C23H28FN3O/c1-2-3-4-5-6-11-16-27-21-15-10-9-14-20(21)26-22(27)17-25-23(28)18-12-7-8-13-19(18)24/h7-10,12-15H,2-6,11,16-17H2,1H3,(H,25,28). The summed E-state index contributed by atoms with van der Waals surface area (Å²) in [6.45, 7) is 3.37. The van der Waals surface area contributed by atoms with E-state index in [1.165, 1.54) is 44.2 Å². The normalized spacial score (nSPS) is 11.1. The highest BCUT2D eigenvalue weighted by atomic mass is 19.1. The molecule has 3 rings (SSSR count). The van der Waals surface area contributed by atoms with E-state index in [1.807, 2.05) is 18.2 Å². The third-order valence-electron chi connectivity index (χ3n) is 4.99. The van der Waals surface area contributed by atoms with Gasteiger partial charge in [0.15, 0.2) is 0 Å². The third-order valence-corrected chi connectivity index (χ3v) is 4.99. The molecule has 0 unspecified atom stereocenters. The highest BCUT2D eigenvalue weighted by Crippen LogP contribution is 2.18. The molecular formula is C23H28FN3O. The van der Waals surface area contributed by atoms with E-state index in [1.54, 1.807) is 12.1 Å². The monoisotopic (exact) mass is 381 g/mol. The fourth-order valence-electron chi connectivity index (χ4n) is 3.46. The molecule has 4 nitrogen and oxygen atoms in total. The van der Waals surface area contributed by atoms with Gasteiger partial charge in [-0.05, 0) is 30.7 Å². The number of halogens is 1. The molecule has 0 radical (unpaired) electrons. The number of aromatic nitrogens is 2. The molecule has 148 valence electrons. The molecule has 5 heteroatoms. The third kappa shape index (κ3) is 4.97. The summed E-state index contributed by atoms with van der Waals surface area (Å²) in [4.78, 5) is 17.0. The zero-order valence-corrected chi connectivity index (χ0v) is 16.5. The second-order valence-electron chi connectivity index (χ2n) is 7.10. The van der Waals surface area contributed by atoms with Crippen molar-refractivity contribution in [2.24, 2.45) is 0 Å². The number of hydrogen-bond acceptors (Lipinski definition) is 2. The Hall–Kier alpha value is -2.69. The van der Waals surface area contributed by atoms with Gasteiger partial charge in [-0.25, -0.2) is 9.37 Å². The average Bonchev–Trinajstić information content (AvgIpc) is 3.07. The van der Waals surface area contributed by atoms with Crippen LogP contribution in [0.4, 0.5) is 4.39 Å². The van der Waals surface area contributed by atoms with Crippen molar-refractivity contribution >= 4 is 16.9 Å². The predicted molar refractivity (Wildman–Crippen MR) is 111 cm³/mol. The molecule has 1 aromatic heterocycles. The van der Waals surface area contributed by atoms with Crippen LogP contribution in [0.2, 0.25) is 0 Å². The van der Waals surface area contributed by atoms with E-state index >= 15 is 0 Å². The minimum absolute atomic E-state index is 0.0566. The first-order valence-electron chi connectivity index (χ1n) is 10.2. The zero-order valence-electron chi connectivity index (χ0n) is 16.5. The van der Waals surface area contributed by atoms with Crippen molar-refractivity contribution in [1.29, 1.82) is 0 Å². The molecule has 0 aliphatic carbocycles. The lowest BCUT2D eigenvalue weighted by molar-refractivity contribution is 0.0945. The summed E-state index contributed by atoms with van der Waals surface area (Å²) in [5.74, 6) is -0.128. The molecule has 1 heterocycles. The van der Waals surface area contributed by atoms with E-state index < -0.39 is 11.7 Å². The Morgan fingerprint density at radius 3 is 2.54 bits per heavy atom. The van der Waals surface area contributed by atoms with E-state index in [-0.39, 0.29) is 12.1 Å². The first-order valence-corrected chi connectivity index (χ1v) is 10.2. The summed E-state index contributed by atoms with van der Waals surface area (Å²) in [5, 5.41) is 2.81. The Morgan fingerprint density at radius 1 is 1.00 bits per heavy atom. The molecule has 0 aliphatic heterocycles. The van der Waals surface area contributed by atoms with Crippen molar-refractivity contribution in [3.05, 3.63) is 65.7 Å². The van der Waals surface area contributed by atoms with Crippen LogP contribution in [0.5, 0.6) is 0 Å². The number of imidazole rings is 1. The molecule has 0 aliphatic rings. The van der Waals surface area contributed by atoms with Gasteiger partial charge in [-0.3, -0.25) is 4.79 Å². The molecule has 2 aromatic carbocycles. The molecule has 0 saturated heterocycles. The second-order valence-corrected chi connectivity index (χ2v) is 7.10. The number of hydrogen-bond donors (Lipinski definition) is 1. The van der Waals surface area contributed by atoms with Crippen LogP contribution in [0.1, 0.15) is 61.6 Å².